The number of hydrogen-bond donors (Lipinski definition) is 4. The Morgan fingerprint density at radius 1 is 1.00 bits per heavy atom. The molecule has 1 aromatic heterocycles. The van der Waals surface area contributed by atoms with Crippen LogP contribution in [-0.2, 0) is 19.2 Å². The van der Waals surface area contributed by atoms with Crippen LogP contribution in [0, 0.1) is 5.92 Å². The molecule has 1 unspecified atom stereocenters. The van der Waals surface area contributed by atoms with Crippen molar-refractivity contribution in [1.82, 2.24) is 35.9 Å². The molecule has 17 heteroatoms. The maximum absolute atomic E-state index is 12.7. The van der Waals surface area contributed by atoms with Crippen LogP contribution >= 0.6 is 0 Å². The van der Waals surface area contributed by atoms with Gasteiger partial charge in [-0.05, 0) is 58.0 Å². The molecule has 1 saturated carbocycles. The number of likely N-dealkylation sites (N-methyl/N-ethyl adjacent to an activating group) is 3. The number of imide groups is 1. The molecule has 0 spiro atoms. The molecule has 4 amide bonds. The first kappa shape index (κ1) is 46.1. The Balaban J connectivity index is 0.000000297. The van der Waals surface area contributed by atoms with Gasteiger partial charge in [-0.25, -0.2) is 0 Å². The van der Waals surface area contributed by atoms with E-state index in [9.17, 15) is 28.8 Å². The molecule has 0 bridgehead atoms. The van der Waals surface area contributed by atoms with E-state index in [0.29, 0.717) is 36.6 Å². The van der Waals surface area contributed by atoms with E-state index >= 15 is 0 Å². The predicted octanol–water partition coefficient (Wildman–Crippen LogP) is -1.73. The number of nitrogens with zero attached hydrogens (tertiary/aromatic N) is 4. The molecule has 2 fully saturated rings. The molecule has 3 aromatic rings. The number of nitrogens with one attached hydrogen (secondary N) is 3. The van der Waals surface area contributed by atoms with E-state index in [0.717, 1.165) is 37.5 Å². The van der Waals surface area contributed by atoms with Gasteiger partial charge in [0.2, 0.25) is 11.8 Å². The number of carbonyl (C=O) groups excluding carboxylic acids is 6. The van der Waals surface area contributed by atoms with E-state index in [2.05, 4.69) is 31.0 Å². The minimum atomic E-state index is -0.797. The van der Waals surface area contributed by atoms with Crippen LogP contribution in [0.2, 0.25) is 0 Å². The number of benzene rings is 2. The van der Waals surface area contributed by atoms with Crippen molar-refractivity contribution in [3.63, 3.8) is 0 Å². The third kappa shape index (κ3) is 15.3. The molecule has 16 nitrogen and oxygen atoms in total. The van der Waals surface area contributed by atoms with Gasteiger partial charge in [0.05, 0.1) is 23.4 Å². The topological polar surface area (TPSA) is 215 Å². The number of aromatic nitrogens is 2. The Kier molecular flexibility index (Phi) is 21.4. The van der Waals surface area contributed by atoms with Crippen molar-refractivity contribution in [3.05, 3.63) is 65.7 Å². The second-order valence-corrected chi connectivity index (χ2v) is 12.2. The Labute approximate surface area is 357 Å². The predicted molar refractivity (Wildman–Crippen MR) is 197 cm³/mol. The van der Waals surface area contributed by atoms with Crippen molar-refractivity contribution in [1.29, 1.82) is 0 Å². The van der Waals surface area contributed by atoms with Crippen LogP contribution in [0.3, 0.4) is 0 Å². The average Bonchev–Trinajstić information content (AvgIpc) is 4.01. The molecule has 1 aliphatic heterocycles. The summed E-state index contributed by atoms with van der Waals surface area (Å²) in [4.78, 5) is 70.6. The van der Waals surface area contributed by atoms with Crippen molar-refractivity contribution in [2.24, 2.45) is 5.92 Å². The van der Waals surface area contributed by atoms with Gasteiger partial charge in [-0.15, -0.1) is 10.2 Å². The van der Waals surface area contributed by atoms with E-state index in [1.54, 1.807) is 6.41 Å². The first-order valence-corrected chi connectivity index (χ1v) is 17.1. The molecule has 0 radical (unpaired) electrons. The average molecular weight is 771 g/mol. The summed E-state index contributed by atoms with van der Waals surface area (Å²) in [6.07, 6.45) is 5.48. The number of rotatable bonds is 17. The van der Waals surface area contributed by atoms with Gasteiger partial charge in [-0.1, -0.05) is 36.4 Å². The fourth-order valence-corrected chi connectivity index (χ4v) is 4.94. The summed E-state index contributed by atoms with van der Waals surface area (Å²) in [6, 6.07) is 15.4. The van der Waals surface area contributed by atoms with E-state index in [1.807, 2.05) is 50.5 Å². The second kappa shape index (κ2) is 25.1. The van der Waals surface area contributed by atoms with Crippen LogP contribution < -0.4 is 82.5 Å². The van der Waals surface area contributed by atoms with Crippen LogP contribution in [0.5, 0.6) is 11.5 Å². The first-order chi connectivity index (χ1) is 25.6. The summed E-state index contributed by atoms with van der Waals surface area (Å²) < 4.78 is 10.8. The number of amides is 4. The fourth-order valence-electron chi connectivity index (χ4n) is 4.94. The molecule has 1 saturated heterocycles. The number of hydrogen-bond acceptors (Lipinski definition) is 13. The van der Waals surface area contributed by atoms with Crippen molar-refractivity contribution in [3.8, 4) is 22.8 Å². The minimum absolute atomic E-state index is 0. The van der Waals surface area contributed by atoms with Crippen molar-refractivity contribution >= 4 is 42.5 Å². The number of ether oxygens (including phenoxy) is 2. The third-order valence-corrected chi connectivity index (χ3v) is 8.18. The monoisotopic (exact) mass is 770 g/mol. The second-order valence-electron chi connectivity index (χ2n) is 12.2. The fraction of sp³-hybridized carbons (Fsp3) is 0.405. The SMILES string of the molecule is CN(C(=O)c1cccc(OCC=O)c1C=O)C1CCC(=O)NC1=O.CNCCN(C)CCN[C-]=O.Nc1nnc(-c2ccccc2)cc1OCC1CC1.[K+]. The first-order valence-electron chi connectivity index (χ1n) is 17.1. The van der Waals surface area contributed by atoms with Crippen LogP contribution in [0.15, 0.2) is 54.6 Å². The standard InChI is InChI=1S/C16H16N2O6.C14H15N3O.C7H16N3O.K/c1-18(12-5-6-14(21)17-15(12)22)16(23)10-3-2-4-13(11(10)9-20)24-8-7-19;15-14-13(18-9-10-6-7-10)8-12(16-17-14)11-4-2-1-3-5-11;1-8-3-5-10(2)6-4-9-7-11;/h2-4,7,9,12H,5-6,8H2,1H3,(H,17,21,22);1-5,8,10H,6-7,9H2,(H2,15,17);8H,3-6H2,1-2H3,(H,9,11);/q;;-1;+1. The van der Waals surface area contributed by atoms with E-state index in [-0.39, 0.29) is 93.6 Å². The number of aldehydes is 2. The van der Waals surface area contributed by atoms with Crippen molar-refractivity contribution in [2.45, 2.75) is 31.7 Å². The minimum Gasteiger partial charge on any atom is -0.529 e. The summed E-state index contributed by atoms with van der Waals surface area (Å²) in [5, 5.41) is 15.8. The molecule has 1 aliphatic carbocycles. The number of piperidine rings is 1. The molecular formula is C37H47KN8O8. The zero-order chi connectivity index (χ0) is 38.6. The summed E-state index contributed by atoms with van der Waals surface area (Å²) in [7, 11) is 5.37. The Hall–Kier alpha value is -4.10. The van der Waals surface area contributed by atoms with Crippen LogP contribution in [0.4, 0.5) is 5.82 Å². The van der Waals surface area contributed by atoms with E-state index in [4.69, 9.17) is 15.2 Å². The summed E-state index contributed by atoms with van der Waals surface area (Å²) in [6.45, 7) is 3.99. The molecule has 1 atom stereocenters. The van der Waals surface area contributed by atoms with Crippen LogP contribution in [-0.4, -0.2) is 123 Å². The molecule has 2 heterocycles. The zero-order valence-corrected chi connectivity index (χ0v) is 34.3. The van der Waals surface area contributed by atoms with Gasteiger partial charge in [-0.2, -0.15) is 6.41 Å². The third-order valence-electron chi connectivity index (χ3n) is 8.18. The molecular weight excluding hydrogens is 724 g/mol. The molecule has 5 N–H and O–H groups in total. The molecule has 5 rings (SSSR count). The Bertz CT molecular complexity index is 1680. The van der Waals surface area contributed by atoms with Gasteiger partial charge in [0.25, 0.3) is 5.91 Å². The van der Waals surface area contributed by atoms with Gasteiger partial charge in [-0.3, -0.25) is 29.3 Å². The molecule has 54 heavy (non-hydrogen) atoms. The molecule has 2 aromatic carbocycles. The number of carbonyl (C=O) groups is 5. The van der Waals surface area contributed by atoms with E-state index in [1.165, 1.54) is 43.0 Å². The van der Waals surface area contributed by atoms with Crippen molar-refractivity contribution in [2.75, 3.05) is 66.3 Å². The van der Waals surface area contributed by atoms with Crippen LogP contribution in [0.25, 0.3) is 11.3 Å². The van der Waals surface area contributed by atoms with Gasteiger partial charge in [0.1, 0.15) is 18.4 Å². The smallest absolute Gasteiger partial charge is 0.529 e. The number of anilines is 1. The maximum atomic E-state index is 12.7. The number of nitrogens with two attached hydrogens (primary N) is 1. The van der Waals surface area contributed by atoms with Gasteiger partial charge in [0.15, 0.2) is 24.1 Å². The summed E-state index contributed by atoms with van der Waals surface area (Å²) in [5.41, 5.74) is 7.64. The van der Waals surface area contributed by atoms with Crippen molar-refractivity contribution < 1.29 is 89.6 Å². The van der Waals surface area contributed by atoms with Gasteiger partial charge < -0.3 is 40.4 Å². The van der Waals surface area contributed by atoms with Gasteiger partial charge >= 0.3 is 51.4 Å². The molecule has 2 aliphatic rings. The maximum Gasteiger partial charge on any atom is 1.00 e. The normalized spacial score (nSPS) is 14.4. The van der Waals surface area contributed by atoms with E-state index < -0.39 is 17.9 Å². The Morgan fingerprint density at radius 3 is 2.35 bits per heavy atom. The van der Waals surface area contributed by atoms with Gasteiger partial charge in [0, 0.05) is 44.7 Å². The summed E-state index contributed by atoms with van der Waals surface area (Å²) >= 11 is 0. The largest absolute Gasteiger partial charge is 1.00 e. The van der Waals surface area contributed by atoms with Crippen LogP contribution in [0.1, 0.15) is 46.4 Å². The summed E-state index contributed by atoms with van der Waals surface area (Å²) in [5.74, 6) is 0.310. The quantitative estimate of drug-likeness (QED) is 0.0300. The molecule has 284 valence electrons. The number of nitrogen functional groups attached to an aromatic ring is 1. The zero-order valence-electron chi connectivity index (χ0n) is 31.2. The Morgan fingerprint density at radius 2 is 1.72 bits per heavy atom.